The van der Waals surface area contributed by atoms with Crippen molar-refractivity contribution in [3.63, 3.8) is 0 Å². The van der Waals surface area contributed by atoms with Crippen molar-refractivity contribution >= 4 is 11.3 Å². The molecule has 15 heavy (non-hydrogen) atoms. The molecule has 0 saturated heterocycles. The molecule has 3 nitrogen and oxygen atoms in total. The summed E-state index contributed by atoms with van der Waals surface area (Å²) < 4.78 is 0. The van der Waals surface area contributed by atoms with E-state index in [1.54, 1.807) is 11.3 Å². The van der Waals surface area contributed by atoms with Gasteiger partial charge in [0.1, 0.15) is 10.4 Å². The van der Waals surface area contributed by atoms with Crippen LogP contribution in [0.3, 0.4) is 0 Å². The van der Waals surface area contributed by atoms with Gasteiger partial charge in [-0.15, -0.1) is 11.3 Å². The molecule has 0 unspecified atom stereocenters. The minimum absolute atomic E-state index is 0.457. The molecule has 4 heteroatoms. The summed E-state index contributed by atoms with van der Waals surface area (Å²) in [7, 11) is 0. The molecule has 0 saturated carbocycles. The van der Waals surface area contributed by atoms with Gasteiger partial charge in [0.05, 0.1) is 11.8 Å². The van der Waals surface area contributed by atoms with E-state index < -0.39 is 5.41 Å². The molecule has 0 aliphatic heterocycles. The van der Waals surface area contributed by atoms with E-state index in [0.717, 1.165) is 30.2 Å². The highest BCUT2D eigenvalue weighted by Gasteiger charge is 2.23. The second kappa shape index (κ2) is 5.24. The van der Waals surface area contributed by atoms with Crippen molar-refractivity contribution in [3.8, 4) is 6.07 Å². The summed E-state index contributed by atoms with van der Waals surface area (Å²) in [4.78, 5) is 4.48. The predicted molar refractivity (Wildman–Crippen MR) is 63.0 cm³/mol. The zero-order valence-electron chi connectivity index (χ0n) is 9.50. The molecular formula is C11H17N3S. The Hall–Kier alpha value is -0.920. The van der Waals surface area contributed by atoms with E-state index in [9.17, 15) is 0 Å². The Morgan fingerprint density at radius 3 is 2.93 bits per heavy atom. The molecule has 0 aliphatic carbocycles. The Morgan fingerprint density at radius 1 is 1.60 bits per heavy atom. The van der Waals surface area contributed by atoms with Gasteiger partial charge in [0.15, 0.2) is 0 Å². The summed E-state index contributed by atoms with van der Waals surface area (Å²) >= 11 is 1.58. The second-order valence-electron chi connectivity index (χ2n) is 3.98. The third kappa shape index (κ3) is 3.29. The molecule has 0 bridgehead atoms. The highest BCUT2D eigenvalue weighted by molar-refractivity contribution is 7.09. The lowest BCUT2D eigenvalue weighted by Gasteiger charge is -2.09. The van der Waals surface area contributed by atoms with Crippen molar-refractivity contribution in [2.45, 2.75) is 32.6 Å². The van der Waals surface area contributed by atoms with E-state index in [-0.39, 0.29) is 0 Å². The predicted octanol–water partition coefficient (Wildman–Crippen LogP) is 2.10. The first kappa shape index (κ1) is 12.2. The van der Waals surface area contributed by atoms with Crippen LogP contribution in [-0.4, -0.2) is 18.1 Å². The second-order valence-corrected chi connectivity index (χ2v) is 4.84. The molecule has 0 amide bonds. The van der Waals surface area contributed by atoms with Crippen molar-refractivity contribution in [1.82, 2.24) is 10.3 Å². The van der Waals surface area contributed by atoms with E-state index in [0.29, 0.717) is 0 Å². The summed E-state index contributed by atoms with van der Waals surface area (Å²) in [5, 5.41) is 15.2. The van der Waals surface area contributed by atoms with Gasteiger partial charge in [-0.25, -0.2) is 4.98 Å². The molecule has 1 rings (SSSR count). The van der Waals surface area contributed by atoms with Crippen LogP contribution in [0.2, 0.25) is 0 Å². The number of aromatic nitrogens is 1. The van der Waals surface area contributed by atoms with E-state index in [4.69, 9.17) is 5.26 Å². The SMILES string of the molecule is CCNCCc1csc(C(C)(C)C#N)n1. The molecule has 0 spiro atoms. The lowest BCUT2D eigenvalue weighted by molar-refractivity contribution is 0.667. The largest absolute Gasteiger partial charge is 0.317 e. The first-order valence-electron chi connectivity index (χ1n) is 5.17. The smallest absolute Gasteiger partial charge is 0.113 e. The van der Waals surface area contributed by atoms with Crippen LogP contribution >= 0.6 is 11.3 Å². The van der Waals surface area contributed by atoms with Gasteiger partial charge in [0, 0.05) is 18.3 Å². The Labute approximate surface area is 95.2 Å². The number of thiazole rings is 1. The van der Waals surface area contributed by atoms with Crippen molar-refractivity contribution in [1.29, 1.82) is 5.26 Å². The molecule has 1 aromatic heterocycles. The molecule has 0 fully saturated rings. The van der Waals surface area contributed by atoms with Crippen molar-refractivity contribution in [3.05, 3.63) is 16.1 Å². The topological polar surface area (TPSA) is 48.7 Å². The number of nitriles is 1. The zero-order valence-corrected chi connectivity index (χ0v) is 10.3. The normalized spacial score (nSPS) is 11.3. The summed E-state index contributed by atoms with van der Waals surface area (Å²) in [5.41, 5.74) is 0.625. The molecule has 0 aliphatic rings. The molecule has 0 radical (unpaired) electrons. The molecular weight excluding hydrogens is 206 g/mol. The van der Waals surface area contributed by atoms with Crippen LogP contribution < -0.4 is 5.32 Å². The van der Waals surface area contributed by atoms with Crippen LogP contribution in [0.25, 0.3) is 0 Å². The Morgan fingerprint density at radius 2 is 2.33 bits per heavy atom. The first-order chi connectivity index (χ1) is 7.10. The molecule has 1 aromatic rings. The molecule has 0 aromatic carbocycles. The summed E-state index contributed by atoms with van der Waals surface area (Å²) in [5.74, 6) is 0. The number of hydrogen-bond donors (Lipinski definition) is 1. The Kier molecular flexibility index (Phi) is 4.25. The van der Waals surface area contributed by atoms with Crippen LogP contribution in [0.1, 0.15) is 31.5 Å². The highest BCUT2D eigenvalue weighted by atomic mass is 32.1. The fourth-order valence-electron chi connectivity index (χ4n) is 1.15. The van der Waals surface area contributed by atoms with Crippen LogP contribution in [0.15, 0.2) is 5.38 Å². The number of hydrogen-bond acceptors (Lipinski definition) is 4. The molecule has 0 atom stereocenters. The van der Waals surface area contributed by atoms with Gasteiger partial charge >= 0.3 is 0 Å². The van der Waals surface area contributed by atoms with Crippen molar-refractivity contribution in [2.75, 3.05) is 13.1 Å². The Balaban J connectivity index is 2.61. The highest BCUT2D eigenvalue weighted by Crippen LogP contribution is 2.25. The quantitative estimate of drug-likeness (QED) is 0.778. The minimum atomic E-state index is -0.457. The van der Waals surface area contributed by atoms with E-state index in [2.05, 4.69) is 23.3 Å². The first-order valence-corrected chi connectivity index (χ1v) is 6.05. The molecule has 1 heterocycles. The van der Waals surface area contributed by atoms with Gasteiger partial charge in [-0.1, -0.05) is 6.92 Å². The maximum absolute atomic E-state index is 8.98. The number of rotatable bonds is 5. The average Bonchev–Trinajstić information content (AvgIpc) is 2.68. The third-order valence-electron chi connectivity index (χ3n) is 2.17. The van der Waals surface area contributed by atoms with Crippen LogP contribution in [-0.2, 0) is 11.8 Å². The molecule has 82 valence electrons. The fourth-order valence-corrected chi connectivity index (χ4v) is 2.08. The van der Waals surface area contributed by atoms with E-state index in [1.807, 2.05) is 19.2 Å². The van der Waals surface area contributed by atoms with E-state index in [1.165, 1.54) is 0 Å². The van der Waals surface area contributed by atoms with Gasteiger partial charge in [-0.2, -0.15) is 5.26 Å². The average molecular weight is 223 g/mol. The fraction of sp³-hybridized carbons (Fsp3) is 0.636. The number of likely N-dealkylation sites (N-methyl/N-ethyl adjacent to an activating group) is 1. The van der Waals surface area contributed by atoms with Crippen LogP contribution in [0, 0.1) is 11.3 Å². The summed E-state index contributed by atoms with van der Waals surface area (Å²) in [6.07, 6.45) is 0.936. The van der Waals surface area contributed by atoms with Gasteiger partial charge in [-0.05, 0) is 20.4 Å². The van der Waals surface area contributed by atoms with Gasteiger partial charge in [0.2, 0.25) is 0 Å². The number of nitrogens with one attached hydrogen (secondary N) is 1. The monoisotopic (exact) mass is 223 g/mol. The number of nitrogens with zero attached hydrogens (tertiary/aromatic N) is 2. The van der Waals surface area contributed by atoms with Crippen molar-refractivity contribution in [2.24, 2.45) is 0 Å². The summed E-state index contributed by atoms with van der Waals surface area (Å²) in [6.45, 7) is 7.83. The van der Waals surface area contributed by atoms with Gasteiger partial charge in [-0.3, -0.25) is 0 Å². The van der Waals surface area contributed by atoms with Crippen LogP contribution in [0.5, 0.6) is 0 Å². The Bertz CT molecular complexity index is 349. The standard InChI is InChI=1S/C11H17N3S/c1-4-13-6-5-9-7-15-10(14-9)11(2,3)8-12/h7,13H,4-6H2,1-3H3. The lowest BCUT2D eigenvalue weighted by Crippen LogP contribution is -2.17. The van der Waals surface area contributed by atoms with Crippen molar-refractivity contribution < 1.29 is 0 Å². The van der Waals surface area contributed by atoms with E-state index >= 15 is 0 Å². The zero-order chi connectivity index (χ0) is 11.3. The molecule has 1 N–H and O–H groups in total. The minimum Gasteiger partial charge on any atom is -0.317 e. The maximum atomic E-state index is 8.98. The maximum Gasteiger partial charge on any atom is 0.113 e. The van der Waals surface area contributed by atoms with Crippen LogP contribution in [0.4, 0.5) is 0 Å². The van der Waals surface area contributed by atoms with Gasteiger partial charge < -0.3 is 5.32 Å². The summed E-state index contributed by atoms with van der Waals surface area (Å²) in [6, 6.07) is 2.27. The third-order valence-corrected chi connectivity index (χ3v) is 3.39. The van der Waals surface area contributed by atoms with Gasteiger partial charge in [0.25, 0.3) is 0 Å². The lowest BCUT2D eigenvalue weighted by atomic mass is 9.97.